The molecule has 27 heavy (non-hydrogen) atoms. The summed E-state index contributed by atoms with van der Waals surface area (Å²) < 4.78 is 10.4. The fourth-order valence-electron chi connectivity index (χ4n) is 2.49. The van der Waals surface area contributed by atoms with E-state index in [1.807, 2.05) is 54.6 Å². The summed E-state index contributed by atoms with van der Waals surface area (Å²) >= 11 is 0. The smallest absolute Gasteiger partial charge is 0.305 e. The first-order chi connectivity index (χ1) is 13.2. The quantitative estimate of drug-likeness (QED) is 0.415. The summed E-state index contributed by atoms with van der Waals surface area (Å²) in [5.41, 5.74) is 6.58. The molecule has 136 valence electrons. The molecule has 0 fully saturated rings. The molecule has 0 atom stereocenters. The molecule has 1 heterocycles. The second-order valence-corrected chi connectivity index (χ2v) is 5.55. The van der Waals surface area contributed by atoms with Gasteiger partial charge in [0.15, 0.2) is 5.76 Å². The molecule has 0 spiro atoms. The van der Waals surface area contributed by atoms with E-state index in [1.165, 1.54) is 12.3 Å². The molecule has 0 aliphatic rings. The van der Waals surface area contributed by atoms with Crippen molar-refractivity contribution in [3.63, 3.8) is 0 Å². The first kappa shape index (κ1) is 18.0. The Labute approximate surface area is 156 Å². The predicted molar refractivity (Wildman–Crippen MR) is 102 cm³/mol. The maximum atomic E-state index is 12.8. The molecule has 2 amide bonds. The number of methoxy groups -OCH3 is 1. The zero-order valence-electron chi connectivity index (χ0n) is 14.6. The summed E-state index contributed by atoms with van der Waals surface area (Å²) in [4.78, 5) is 24.7. The average molecular weight is 362 g/mol. The van der Waals surface area contributed by atoms with Gasteiger partial charge >= 0.3 is 5.91 Å². The molecule has 2 N–H and O–H groups in total. The van der Waals surface area contributed by atoms with Gasteiger partial charge in [-0.3, -0.25) is 20.4 Å². The van der Waals surface area contributed by atoms with Crippen molar-refractivity contribution in [3.05, 3.63) is 89.9 Å². The molecule has 6 heteroatoms. The predicted octanol–water partition coefficient (Wildman–Crippen LogP) is 3.29. The van der Waals surface area contributed by atoms with Crippen molar-refractivity contribution in [2.24, 2.45) is 0 Å². The largest absolute Gasteiger partial charge is 0.496 e. The van der Waals surface area contributed by atoms with E-state index in [-0.39, 0.29) is 5.76 Å². The fourth-order valence-corrected chi connectivity index (χ4v) is 2.49. The van der Waals surface area contributed by atoms with Crippen LogP contribution in [0.3, 0.4) is 0 Å². The Bertz CT molecular complexity index is 947. The maximum Gasteiger partial charge on any atom is 0.305 e. The molecule has 3 aromatic rings. The molecule has 0 aliphatic heterocycles. The van der Waals surface area contributed by atoms with Crippen molar-refractivity contribution >= 4 is 23.5 Å². The molecule has 3 rings (SSSR count). The molecule has 2 aromatic carbocycles. The summed E-state index contributed by atoms with van der Waals surface area (Å²) in [6.45, 7) is 0. The third-order valence-corrected chi connectivity index (χ3v) is 3.80. The zero-order valence-corrected chi connectivity index (χ0v) is 14.6. The fraction of sp³-hybridized carbons (Fsp3) is 0.0476. The highest BCUT2D eigenvalue weighted by Gasteiger charge is 2.15. The number of rotatable bonds is 5. The molecule has 6 nitrogen and oxygen atoms in total. The summed E-state index contributed by atoms with van der Waals surface area (Å²) in [7, 11) is 1.57. The minimum Gasteiger partial charge on any atom is -0.496 e. The summed E-state index contributed by atoms with van der Waals surface area (Å²) in [6, 6.07) is 19.6. The van der Waals surface area contributed by atoms with Gasteiger partial charge in [-0.15, -0.1) is 0 Å². The molecule has 0 saturated carbocycles. The second-order valence-electron chi connectivity index (χ2n) is 5.55. The minimum absolute atomic E-state index is 0.102. The number of para-hydroxylation sites is 1. The van der Waals surface area contributed by atoms with Gasteiger partial charge in [0.2, 0.25) is 0 Å². The molecule has 0 bridgehead atoms. The van der Waals surface area contributed by atoms with E-state index in [1.54, 1.807) is 19.3 Å². The van der Waals surface area contributed by atoms with Crippen LogP contribution in [0.15, 0.2) is 77.4 Å². The van der Waals surface area contributed by atoms with Crippen molar-refractivity contribution in [3.8, 4) is 5.75 Å². The number of carbonyl (C=O) groups excluding carboxylic acids is 2. The van der Waals surface area contributed by atoms with Crippen LogP contribution < -0.4 is 15.6 Å². The standard InChI is InChI=1S/C21H18N2O4/c1-26-18-11-6-5-10-16(18)14-17(15-8-3-2-4-9-15)20(24)22-23-21(25)19-12-7-13-27-19/h2-14H,1H3,(H,22,24)(H,23,25). The first-order valence-corrected chi connectivity index (χ1v) is 8.23. The number of furan rings is 1. The number of hydrogen-bond donors (Lipinski definition) is 2. The third-order valence-electron chi connectivity index (χ3n) is 3.80. The van der Waals surface area contributed by atoms with E-state index in [2.05, 4.69) is 10.9 Å². The minimum atomic E-state index is -0.543. The maximum absolute atomic E-state index is 12.8. The second kappa shape index (κ2) is 8.53. The summed E-state index contributed by atoms with van der Waals surface area (Å²) in [5, 5.41) is 0. The topological polar surface area (TPSA) is 80.6 Å². The van der Waals surface area contributed by atoms with Gasteiger partial charge in [0.25, 0.3) is 5.91 Å². The number of benzene rings is 2. The van der Waals surface area contributed by atoms with Gasteiger partial charge in [0, 0.05) is 11.1 Å². The van der Waals surface area contributed by atoms with E-state index in [0.717, 1.165) is 5.56 Å². The SMILES string of the molecule is COc1ccccc1C=C(C(=O)NNC(=O)c1ccco1)c1ccccc1. The van der Waals surface area contributed by atoms with E-state index >= 15 is 0 Å². The monoisotopic (exact) mass is 362 g/mol. The first-order valence-electron chi connectivity index (χ1n) is 8.23. The van der Waals surface area contributed by atoms with Crippen LogP contribution in [0.25, 0.3) is 11.6 Å². The van der Waals surface area contributed by atoms with Gasteiger partial charge in [-0.1, -0.05) is 48.5 Å². The Morgan fingerprint density at radius 1 is 0.926 bits per heavy atom. The molecule has 0 radical (unpaired) electrons. The van der Waals surface area contributed by atoms with Crippen molar-refractivity contribution in [1.29, 1.82) is 0 Å². The highest BCUT2D eigenvalue weighted by Crippen LogP contribution is 2.24. The van der Waals surface area contributed by atoms with E-state index in [4.69, 9.17) is 9.15 Å². The van der Waals surface area contributed by atoms with Crippen molar-refractivity contribution in [2.75, 3.05) is 7.11 Å². The van der Waals surface area contributed by atoms with E-state index in [0.29, 0.717) is 16.9 Å². The lowest BCUT2D eigenvalue weighted by molar-refractivity contribution is -0.116. The number of hydrazine groups is 1. The molecule has 0 unspecified atom stereocenters. The van der Waals surface area contributed by atoms with Crippen LogP contribution in [0.2, 0.25) is 0 Å². The molecule has 0 saturated heterocycles. The molecular weight excluding hydrogens is 344 g/mol. The van der Waals surface area contributed by atoms with Gasteiger partial charge in [0.05, 0.1) is 13.4 Å². The molecular formula is C21H18N2O4. The highest BCUT2D eigenvalue weighted by molar-refractivity contribution is 6.24. The Hall–Kier alpha value is -3.80. The lowest BCUT2D eigenvalue weighted by atomic mass is 10.0. The van der Waals surface area contributed by atoms with Crippen LogP contribution in [0, 0.1) is 0 Å². The zero-order chi connectivity index (χ0) is 19.1. The lowest BCUT2D eigenvalue weighted by Crippen LogP contribution is -2.41. The van der Waals surface area contributed by atoms with Crippen LogP contribution in [0.5, 0.6) is 5.75 Å². The molecule has 0 aliphatic carbocycles. The van der Waals surface area contributed by atoms with Crippen LogP contribution in [0.1, 0.15) is 21.7 Å². The highest BCUT2D eigenvalue weighted by atomic mass is 16.5. The van der Waals surface area contributed by atoms with E-state index < -0.39 is 11.8 Å². The number of nitrogens with one attached hydrogen (secondary N) is 2. The number of ether oxygens (including phenoxy) is 1. The van der Waals surface area contributed by atoms with Gasteiger partial charge in [-0.05, 0) is 29.8 Å². The van der Waals surface area contributed by atoms with Gasteiger partial charge in [-0.2, -0.15) is 0 Å². The van der Waals surface area contributed by atoms with Crippen LogP contribution >= 0.6 is 0 Å². The van der Waals surface area contributed by atoms with Gasteiger partial charge in [-0.25, -0.2) is 0 Å². The number of amides is 2. The van der Waals surface area contributed by atoms with Gasteiger partial charge in [0.1, 0.15) is 5.75 Å². The normalized spacial score (nSPS) is 10.9. The Morgan fingerprint density at radius 3 is 2.37 bits per heavy atom. The Kier molecular flexibility index (Phi) is 5.69. The van der Waals surface area contributed by atoms with Crippen molar-refractivity contribution in [2.45, 2.75) is 0 Å². The van der Waals surface area contributed by atoms with Crippen LogP contribution in [0.4, 0.5) is 0 Å². The molecule has 1 aromatic heterocycles. The summed E-state index contributed by atoms with van der Waals surface area (Å²) in [5.74, 6) is -0.270. The van der Waals surface area contributed by atoms with Gasteiger partial charge < -0.3 is 9.15 Å². The van der Waals surface area contributed by atoms with E-state index in [9.17, 15) is 9.59 Å². The number of hydrogen-bond acceptors (Lipinski definition) is 4. The Morgan fingerprint density at radius 2 is 1.67 bits per heavy atom. The number of carbonyl (C=O) groups is 2. The van der Waals surface area contributed by atoms with Crippen LogP contribution in [-0.4, -0.2) is 18.9 Å². The summed E-state index contributed by atoms with van der Waals surface area (Å²) in [6.07, 6.45) is 3.09. The van der Waals surface area contributed by atoms with Crippen LogP contribution in [-0.2, 0) is 4.79 Å². The Balaban J connectivity index is 1.87. The lowest BCUT2D eigenvalue weighted by Gasteiger charge is -2.11. The average Bonchev–Trinajstić information content (AvgIpc) is 3.26. The van der Waals surface area contributed by atoms with Crippen molar-refractivity contribution < 1.29 is 18.7 Å². The van der Waals surface area contributed by atoms with Crippen molar-refractivity contribution in [1.82, 2.24) is 10.9 Å². The third kappa shape index (κ3) is 4.43.